The van der Waals surface area contributed by atoms with Gasteiger partial charge in [-0.25, -0.2) is 9.82 Å². The van der Waals surface area contributed by atoms with Gasteiger partial charge in [-0.05, 0) is 54.4 Å². The summed E-state index contributed by atoms with van der Waals surface area (Å²) in [5.74, 6) is 0.892. The first kappa shape index (κ1) is 25.4. The molecule has 0 spiro atoms. The summed E-state index contributed by atoms with van der Waals surface area (Å²) in [5.41, 5.74) is 5.12. The number of rotatable bonds is 11. The molecule has 0 heterocycles. The number of hydrazone groups is 1. The van der Waals surface area contributed by atoms with Gasteiger partial charge in [0.15, 0.2) is 11.5 Å². The van der Waals surface area contributed by atoms with Crippen LogP contribution >= 0.6 is 0 Å². The number of amides is 1. The van der Waals surface area contributed by atoms with E-state index in [0.29, 0.717) is 47.2 Å². The monoisotopic (exact) mass is 498 g/mol. The number of ether oxygens (including phenoxy) is 3. The summed E-state index contributed by atoms with van der Waals surface area (Å²) in [6.07, 6.45) is 1.51. The third kappa shape index (κ3) is 7.41. The van der Waals surface area contributed by atoms with Crippen LogP contribution in [0, 0.1) is 5.82 Å². The molecule has 6 nitrogen and oxygen atoms in total. The minimum Gasteiger partial charge on any atom is -0.490 e. The van der Waals surface area contributed by atoms with Gasteiger partial charge in [0.2, 0.25) is 0 Å². The van der Waals surface area contributed by atoms with Crippen molar-refractivity contribution in [1.29, 1.82) is 0 Å². The lowest BCUT2D eigenvalue weighted by Gasteiger charge is -2.13. The van der Waals surface area contributed by atoms with Crippen LogP contribution in [0.25, 0.3) is 0 Å². The van der Waals surface area contributed by atoms with Crippen molar-refractivity contribution in [2.45, 2.75) is 20.1 Å². The maximum atomic E-state index is 13.8. The topological polar surface area (TPSA) is 69.2 Å². The largest absolute Gasteiger partial charge is 0.490 e. The summed E-state index contributed by atoms with van der Waals surface area (Å²) >= 11 is 0. The van der Waals surface area contributed by atoms with E-state index in [0.717, 1.165) is 5.56 Å². The Hall–Kier alpha value is -4.65. The van der Waals surface area contributed by atoms with E-state index in [4.69, 9.17) is 14.2 Å². The van der Waals surface area contributed by atoms with Crippen LogP contribution in [0.2, 0.25) is 0 Å². The molecule has 4 aromatic rings. The zero-order chi connectivity index (χ0) is 25.9. The summed E-state index contributed by atoms with van der Waals surface area (Å²) in [6, 6.07) is 28.4. The number of hydrogen-bond acceptors (Lipinski definition) is 5. The molecule has 0 fully saturated rings. The Labute approximate surface area is 215 Å². The third-order valence-electron chi connectivity index (χ3n) is 5.33. The van der Waals surface area contributed by atoms with Crippen molar-refractivity contribution in [3.8, 4) is 17.2 Å². The molecule has 7 heteroatoms. The molecule has 0 unspecified atom stereocenters. The molecule has 4 aromatic carbocycles. The normalized spacial score (nSPS) is 10.8. The van der Waals surface area contributed by atoms with Crippen LogP contribution in [-0.4, -0.2) is 18.7 Å². The van der Waals surface area contributed by atoms with Gasteiger partial charge in [0, 0.05) is 11.1 Å². The van der Waals surface area contributed by atoms with E-state index in [-0.39, 0.29) is 12.4 Å². The van der Waals surface area contributed by atoms with Gasteiger partial charge in [-0.2, -0.15) is 5.10 Å². The van der Waals surface area contributed by atoms with Crippen molar-refractivity contribution in [2.75, 3.05) is 6.61 Å². The Morgan fingerprint density at radius 2 is 1.65 bits per heavy atom. The third-order valence-corrected chi connectivity index (χ3v) is 5.33. The summed E-state index contributed by atoms with van der Waals surface area (Å²) in [7, 11) is 0. The van der Waals surface area contributed by atoms with Gasteiger partial charge in [-0.1, -0.05) is 60.7 Å². The predicted octanol–water partition coefficient (Wildman–Crippen LogP) is 6.15. The molecule has 37 heavy (non-hydrogen) atoms. The molecule has 0 radical (unpaired) electrons. The molecule has 0 bridgehead atoms. The van der Waals surface area contributed by atoms with E-state index in [2.05, 4.69) is 10.5 Å². The smallest absolute Gasteiger partial charge is 0.271 e. The highest BCUT2D eigenvalue weighted by molar-refractivity contribution is 5.95. The van der Waals surface area contributed by atoms with Crippen molar-refractivity contribution in [3.05, 3.63) is 125 Å². The summed E-state index contributed by atoms with van der Waals surface area (Å²) in [5, 5.41) is 4.05. The van der Waals surface area contributed by atoms with Crippen molar-refractivity contribution < 1.29 is 23.4 Å². The van der Waals surface area contributed by atoms with Crippen molar-refractivity contribution in [2.24, 2.45) is 5.10 Å². The lowest BCUT2D eigenvalue weighted by atomic mass is 10.2. The fourth-order valence-corrected chi connectivity index (χ4v) is 3.46. The molecule has 0 saturated carbocycles. The SMILES string of the molecule is CCOc1cc(C(=O)N/N=C/c2cccc(OCc3ccccc3F)c2)ccc1OCc1ccccc1. The van der Waals surface area contributed by atoms with Gasteiger partial charge in [-0.15, -0.1) is 0 Å². The zero-order valence-electron chi connectivity index (χ0n) is 20.4. The quantitative estimate of drug-likeness (QED) is 0.199. The van der Waals surface area contributed by atoms with Crippen LogP contribution < -0.4 is 19.6 Å². The van der Waals surface area contributed by atoms with Gasteiger partial charge in [0.05, 0.1) is 12.8 Å². The van der Waals surface area contributed by atoms with E-state index in [9.17, 15) is 9.18 Å². The Morgan fingerprint density at radius 1 is 0.838 bits per heavy atom. The van der Waals surface area contributed by atoms with Crippen molar-refractivity contribution in [1.82, 2.24) is 5.43 Å². The van der Waals surface area contributed by atoms with Crippen LogP contribution in [0.15, 0.2) is 102 Å². The lowest BCUT2D eigenvalue weighted by Crippen LogP contribution is -2.17. The van der Waals surface area contributed by atoms with Crippen LogP contribution in [0.4, 0.5) is 4.39 Å². The molecule has 4 rings (SSSR count). The molecule has 0 aliphatic heterocycles. The molecule has 0 aliphatic rings. The second-order valence-electron chi connectivity index (χ2n) is 8.02. The number of hydrogen-bond donors (Lipinski definition) is 1. The molecular formula is C30H27FN2O4. The first-order valence-electron chi connectivity index (χ1n) is 11.9. The van der Waals surface area contributed by atoms with Gasteiger partial charge in [0.25, 0.3) is 5.91 Å². The molecule has 188 valence electrons. The Morgan fingerprint density at radius 3 is 2.46 bits per heavy atom. The highest BCUT2D eigenvalue weighted by Crippen LogP contribution is 2.29. The van der Waals surface area contributed by atoms with Gasteiger partial charge in [-0.3, -0.25) is 4.79 Å². The number of halogens is 1. The Balaban J connectivity index is 1.35. The second kappa shape index (κ2) is 12.9. The lowest BCUT2D eigenvalue weighted by molar-refractivity contribution is 0.0954. The highest BCUT2D eigenvalue weighted by atomic mass is 19.1. The van der Waals surface area contributed by atoms with E-state index < -0.39 is 5.91 Å². The van der Waals surface area contributed by atoms with Crippen LogP contribution in [0.5, 0.6) is 17.2 Å². The Bertz CT molecular complexity index is 1360. The summed E-state index contributed by atoms with van der Waals surface area (Å²) in [6.45, 7) is 2.80. The molecule has 1 N–H and O–H groups in total. The molecule has 0 atom stereocenters. The number of nitrogens with zero attached hydrogens (tertiary/aromatic N) is 1. The van der Waals surface area contributed by atoms with E-state index in [1.165, 1.54) is 12.3 Å². The molecule has 1 amide bonds. The molecular weight excluding hydrogens is 471 g/mol. The fourth-order valence-electron chi connectivity index (χ4n) is 3.46. The second-order valence-corrected chi connectivity index (χ2v) is 8.02. The molecule has 0 aliphatic carbocycles. The summed E-state index contributed by atoms with van der Waals surface area (Å²) < 4.78 is 31.1. The van der Waals surface area contributed by atoms with Gasteiger partial charge in [0.1, 0.15) is 24.8 Å². The number of nitrogens with one attached hydrogen (secondary N) is 1. The van der Waals surface area contributed by atoms with Crippen LogP contribution in [0.1, 0.15) is 34.0 Å². The van der Waals surface area contributed by atoms with Crippen molar-refractivity contribution >= 4 is 12.1 Å². The number of benzene rings is 4. The standard InChI is InChI=1S/C30H27FN2O4/c1-2-35-29-18-24(15-16-28(29)37-20-22-9-4-3-5-10-22)30(34)33-32-19-23-11-8-13-26(17-23)36-21-25-12-6-7-14-27(25)31/h3-19H,2,20-21H2,1H3,(H,33,34)/b32-19+. The fraction of sp³-hybridized carbons (Fsp3) is 0.133. The van der Waals surface area contributed by atoms with Crippen LogP contribution in [0.3, 0.4) is 0 Å². The van der Waals surface area contributed by atoms with Gasteiger partial charge >= 0.3 is 0 Å². The van der Waals surface area contributed by atoms with Crippen LogP contribution in [-0.2, 0) is 13.2 Å². The minimum atomic E-state index is -0.390. The van der Waals surface area contributed by atoms with Crippen molar-refractivity contribution in [3.63, 3.8) is 0 Å². The average Bonchev–Trinajstić information content (AvgIpc) is 2.93. The highest BCUT2D eigenvalue weighted by Gasteiger charge is 2.12. The van der Waals surface area contributed by atoms with E-state index in [1.54, 1.807) is 54.6 Å². The number of carbonyl (C=O) groups is 1. The first-order chi connectivity index (χ1) is 18.1. The Kier molecular flexibility index (Phi) is 8.86. The maximum absolute atomic E-state index is 13.8. The maximum Gasteiger partial charge on any atom is 0.271 e. The molecule has 0 saturated heterocycles. The van der Waals surface area contributed by atoms with E-state index in [1.807, 2.05) is 43.3 Å². The number of carbonyl (C=O) groups excluding carboxylic acids is 1. The summed E-state index contributed by atoms with van der Waals surface area (Å²) in [4.78, 5) is 12.7. The van der Waals surface area contributed by atoms with Gasteiger partial charge < -0.3 is 14.2 Å². The first-order valence-corrected chi connectivity index (χ1v) is 11.9. The minimum absolute atomic E-state index is 0.108. The van der Waals surface area contributed by atoms with E-state index >= 15 is 0 Å². The predicted molar refractivity (Wildman–Crippen MR) is 141 cm³/mol. The average molecular weight is 499 g/mol. The molecule has 0 aromatic heterocycles. The zero-order valence-corrected chi connectivity index (χ0v) is 20.4.